The van der Waals surface area contributed by atoms with Crippen molar-refractivity contribution in [3.05, 3.63) is 34.3 Å². The molecule has 0 fully saturated rings. The van der Waals surface area contributed by atoms with Gasteiger partial charge in [0.1, 0.15) is 5.92 Å². The Balaban J connectivity index is 2.83. The van der Waals surface area contributed by atoms with Gasteiger partial charge in [0, 0.05) is 5.02 Å². The number of hydrogen-bond donors (Lipinski definition) is 0. The monoisotopic (exact) mass is 237 g/mol. The topological polar surface area (TPSA) is 50.1 Å². The Kier molecular flexibility index (Phi) is 4.33. The number of aryl methyl sites for hydroxylation is 1. The first-order valence-corrected chi connectivity index (χ1v) is 5.18. The van der Waals surface area contributed by atoms with Crippen LogP contribution in [0.5, 0.6) is 0 Å². The van der Waals surface area contributed by atoms with Crippen molar-refractivity contribution >= 4 is 17.6 Å². The van der Waals surface area contributed by atoms with Crippen LogP contribution in [0.15, 0.2) is 18.2 Å². The SMILES string of the molecule is COC(=O)C(C#N)Cc1ccc(C)c(Cl)c1. The molecule has 0 heterocycles. The minimum atomic E-state index is -0.774. The average Bonchev–Trinajstić information content (AvgIpc) is 2.29. The minimum Gasteiger partial charge on any atom is -0.468 e. The van der Waals surface area contributed by atoms with Crippen LogP contribution in [0.3, 0.4) is 0 Å². The molecule has 0 aliphatic heterocycles. The summed E-state index contributed by atoms with van der Waals surface area (Å²) in [4.78, 5) is 11.2. The van der Waals surface area contributed by atoms with Crippen LogP contribution in [-0.4, -0.2) is 13.1 Å². The van der Waals surface area contributed by atoms with Gasteiger partial charge in [0.25, 0.3) is 0 Å². The summed E-state index contributed by atoms with van der Waals surface area (Å²) in [5, 5.41) is 9.47. The second-order valence-corrected chi connectivity index (χ2v) is 3.90. The zero-order chi connectivity index (χ0) is 12.1. The fourth-order valence-corrected chi connectivity index (χ4v) is 1.53. The summed E-state index contributed by atoms with van der Waals surface area (Å²) >= 11 is 5.95. The van der Waals surface area contributed by atoms with E-state index < -0.39 is 11.9 Å². The van der Waals surface area contributed by atoms with E-state index in [0.29, 0.717) is 11.4 Å². The van der Waals surface area contributed by atoms with E-state index >= 15 is 0 Å². The van der Waals surface area contributed by atoms with Crippen LogP contribution in [0.2, 0.25) is 5.02 Å². The minimum absolute atomic E-state index is 0.323. The fraction of sp³-hybridized carbons (Fsp3) is 0.333. The molecule has 0 amide bonds. The second-order valence-electron chi connectivity index (χ2n) is 3.49. The van der Waals surface area contributed by atoms with Gasteiger partial charge in [0.15, 0.2) is 0 Å². The van der Waals surface area contributed by atoms with Crippen molar-refractivity contribution in [3.63, 3.8) is 0 Å². The van der Waals surface area contributed by atoms with Crippen molar-refractivity contribution in [2.24, 2.45) is 5.92 Å². The molecule has 84 valence electrons. The number of ether oxygens (including phenoxy) is 1. The van der Waals surface area contributed by atoms with Crippen molar-refractivity contribution in [1.29, 1.82) is 5.26 Å². The molecule has 1 aromatic rings. The van der Waals surface area contributed by atoms with Crippen molar-refractivity contribution in [2.45, 2.75) is 13.3 Å². The average molecular weight is 238 g/mol. The van der Waals surface area contributed by atoms with Crippen molar-refractivity contribution in [1.82, 2.24) is 0 Å². The van der Waals surface area contributed by atoms with E-state index in [1.807, 2.05) is 25.1 Å². The molecular weight excluding hydrogens is 226 g/mol. The van der Waals surface area contributed by atoms with Crippen LogP contribution in [-0.2, 0) is 16.0 Å². The maximum Gasteiger partial charge on any atom is 0.323 e. The van der Waals surface area contributed by atoms with E-state index in [4.69, 9.17) is 16.9 Å². The Morgan fingerprint density at radius 3 is 2.81 bits per heavy atom. The number of benzene rings is 1. The Morgan fingerprint density at radius 1 is 1.62 bits per heavy atom. The normalized spacial score (nSPS) is 11.6. The number of halogens is 1. The lowest BCUT2D eigenvalue weighted by Gasteiger charge is -2.07. The van der Waals surface area contributed by atoms with E-state index in [2.05, 4.69) is 4.74 Å². The molecule has 0 spiro atoms. The lowest BCUT2D eigenvalue weighted by molar-refractivity contribution is -0.143. The number of nitrogens with zero attached hydrogens (tertiary/aromatic N) is 1. The predicted molar refractivity (Wildman–Crippen MR) is 61.0 cm³/mol. The fourth-order valence-electron chi connectivity index (χ4n) is 1.32. The molecule has 0 radical (unpaired) electrons. The molecule has 1 unspecified atom stereocenters. The van der Waals surface area contributed by atoms with Gasteiger partial charge >= 0.3 is 5.97 Å². The van der Waals surface area contributed by atoms with Crippen LogP contribution in [0.25, 0.3) is 0 Å². The summed E-state index contributed by atoms with van der Waals surface area (Å²) in [6.07, 6.45) is 0.323. The third kappa shape index (κ3) is 2.98. The molecule has 3 nitrogen and oxygen atoms in total. The molecule has 0 aliphatic carbocycles. The Hall–Kier alpha value is -1.53. The number of carbonyl (C=O) groups is 1. The smallest absolute Gasteiger partial charge is 0.323 e. The predicted octanol–water partition coefficient (Wildman–Crippen LogP) is 2.50. The molecular formula is C12H12ClNO2. The summed E-state index contributed by atoms with van der Waals surface area (Å²) in [6.45, 7) is 1.90. The quantitative estimate of drug-likeness (QED) is 0.759. The molecule has 0 saturated heterocycles. The van der Waals surface area contributed by atoms with Gasteiger partial charge in [0.05, 0.1) is 13.2 Å². The highest BCUT2D eigenvalue weighted by Gasteiger charge is 2.18. The van der Waals surface area contributed by atoms with Crippen molar-refractivity contribution < 1.29 is 9.53 Å². The van der Waals surface area contributed by atoms with E-state index in [1.165, 1.54) is 7.11 Å². The third-order valence-electron chi connectivity index (χ3n) is 2.32. The van der Waals surface area contributed by atoms with Crippen LogP contribution in [0, 0.1) is 24.2 Å². The van der Waals surface area contributed by atoms with Crippen LogP contribution < -0.4 is 0 Å². The van der Waals surface area contributed by atoms with Crippen molar-refractivity contribution in [2.75, 3.05) is 7.11 Å². The maximum absolute atomic E-state index is 11.2. The lowest BCUT2D eigenvalue weighted by atomic mass is 10.00. The Morgan fingerprint density at radius 2 is 2.31 bits per heavy atom. The molecule has 4 heteroatoms. The number of methoxy groups -OCH3 is 1. The highest BCUT2D eigenvalue weighted by Crippen LogP contribution is 2.19. The number of nitriles is 1. The third-order valence-corrected chi connectivity index (χ3v) is 2.72. The standard InChI is InChI=1S/C12H12ClNO2/c1-8-3-4-9(6-11(8)13)5-10(7-14)12(15)16-2/h3-4,6,10H,5H2,1-2H3. The zero-order valence-electron chi connectivity index (χ0n) is 9.16. The summed E-state index contributed by atoms with van der Waals surface area (Å²) in [5.41, 5.74) is 1.82. The van der Waals surface area contributed by atoms with E-state index in [1.54, 1.807) is 6.07 Å². The molecule has 16 heavy (non-hydrogen) atoms. The van der Waals surface area contributed by atoms with Gasteiger partial charge in [-0.25, -0.2) is 0 Å². The lowest BCUT2D eigenvalue weighted by Crippen LogP contribution is -2.16. The number of hydrogen-bond acceptors (Lipinski definition) is 3. The van der Waals surface area contributed by atoms with Crippen molar-refractivity contribution in [3.8, 4) is 6.07 Å². The van der Waals surface area contributed by atoms with Gasteiger partial charge < -0.3 is 4.74 Å². The largest absolute Gasteiger partial charge is 0.468 e. The van der Waals surface area contributed by atoms with E-state index in [-0.39, 0.29) is 0 Å². The molecule has 0 N–H and O–H groups in total. The highest BCUT2D eigenvalue weighted by molar-refractivity contribution is 6.31. The summed E-state index contributed by atoms with van der Waals surface area (Å²) in [5.74, 6) is -1.29. The molecule has 1 aromatic carbocycles. The zero-order valence-corrected chi connectivity index (χ0v) is 9.91. The van der Waals surface area contributed by atoms with Gasteiger partial charge in [-0.1, -0.05) is 23.7 Å². The molecule has 0 aliphatic rings. The van der Waals surface area contributed by atoms with Gasteiger partial charge in [0.2, 0.25) is 0 Å². The molecule has 1 atom stereocenters. The maximum atomic E-state index is 11.2. The summed E-state index contributed by atoms with van der Waals surface area (Å²) in [7, 11) is 1.27. The first-order chi connectivity index (χ1) is 7.58. The highest BCUT2D eigenvalue weighted by atomic mass is 35.5. The number of esters is 1. The van der Waals surface area contributed by atoms with Gasteiger partial charge in [-0.05, 0) is 30.5 Å². The van der Waals surface area contributed by atoms with Crippen LogP contribution >= 0.6 is 11.6 Å². The number of rotatable bonds is 3. The van der Waals surface area contributed by atoms with Gasteiger partial charge in [-0.3, -0.25) is 4.79 Å². The van der Waals surface area contributed by atoms with Crippen LogP contribution in [0.4, 0.5) is 0 Å². The second kappa shape index (κ2) is 5.53. The summed E-state index contributed by atoms with van der Waals surface area (Å²) < 4.78 is 4.53. The molecule has 0 saturated carbocycles. The van der Waals surface area contributed by atoms with E-state index in [0.717, 1.165) is 11.1 Å². The molecule has 0 bridgehead atoms. The van der Waals surface area contributed by atoms with Crippen LogP contribution in [0.1, 0.15) is 11.1 Å². The Bertz CT molecular complexity index is 437. The first kappa shape index (κ1) is 12.5. The van der Waals surface area contributed by atoms with Gasteiger partial charge in [-0.15, -0.1) is 0 Å². The first-order valence-electron chi connectivity index (χ1n) is 4.81. The molecule has 1 rings (SSSR count). The van der Waals surface area contributed by atoms with E-state index in [9.17, 15) is 4.79 Å². The van der Waals surface area contributed by atoms with Gasteiger partial charge in [-0.2, -0.15) is 5.26 Å². The molecule has 0 aromatic heterocycles. The number of carbonyl (C=O) groups excluding carboxylic acids is 1. The summed E-state index contributed by atoms with van der Waals surface area (Å²) in [6, 6.07) is 7.41. The Labute approximate surface area is 99.6 Å².